The van der Waals surface area contributed by atoms with Gasteiger partial charge in [-0.3, -0.25) is 9.69 Å². The van der Waals surface area contributed by atoms with E-state index in [2.05, 4.69) is 47.4 Å². The second-order valence-corrected chi connectivity index (χ2v) is 11.9. The van der Waals surface area contributed by atoms with Gasteiger partial charge in [-0.15, -0.1) is 11.3 Å². The molecule has 3 aromatic carbocycles. The number of likely N-dealkylation sites (tertiary alicyclic amines) is 1. The molecule has 0 spiro atoms. The smallest absolute Gasteiger partial charge is 0.268 e. The van der Waals surface area contributed by atoms with Crippen LogP contribution >= 0.6 is 11.3 Å². The molecular formula is C32H32FN3O2S. The fraction of sp³-hybridized carbons (Fsp3) is 0.344. The Labute approximate surface area is 232 Å². The van der Waals surface area contributed by atoms with Gasteiger partial charge in [0.2, 0.25) is 0 Å². The number of thiophene rings is 1. The highest BCUT2D eigenvalue weighted by Crippen LogP contribution is 2.52. The summed E-state index contributed by atoms with van der Waals surface area (Å²) < 4.78 is 20.7. The normalized spacial score (nSPS) is 22.7. The topological polar surface area (TPSA) is 36.0 Å². The Kier molecular flexibility index (Phi) is 6.59. The standard InChI is InChI=1S/C32H32FN3O2S/c33-29-17-25(9-10-30(29)35-11-13-38-14-12-35)36(32(37)31-6-3-15-39-31)21-28-26-19-34(20-27(26)28)18-22-7-8-23-4-1-2-5-24(23)16-22/h1-10,15-17,26-28H,11-14,18-21H2. The minimum atomic E-state index is -0.282. The summed E-state index contributed by atoms with van der Waals surface area (Å²) in [6, 6.07) is 24.3. The van der Waals surface area contributed by atoms with E-state index in [-0.39, 0.29) is 11.7 Å². The summed E-state index contributed by atoms with van der Waals surface area (Å²) in [6.45, 7) is 6.24. The van der Waals surface area contributed by atoms with Crippen LogP contribution in [0.25, 0.3) is 10.8 Å². The predicted molar refractivity (Wildman–Crippen MR) is 155 cm³/mol. The molecule has 1 saturated carbocycles. The second kappa shape index (κ2) is 10.4. The minimum Gasteiger partial charge on any atom is -0.378 e. The molecule has 39 heavy (non-hydrogen) atoms. The zero-order valence-electron chi connectivity index (χ0n) is 21.8. The van der Waals surface area contributed by atoms with Gasteiger partial charge < -0.3 is 14.5 Å². The van der Waals surface area contributed by atoms with Crippen LogP contribution in [0, 0.1) is 23.6 Å². The number of hydrogen-bond acceptors (Lipinski definition) is 5. The summed E-state index contributed by atoms with van der Waals surface area (Å²) in [6.07, 6.45) is 0. The molecule has 1 aliphatic carbocycles. The van der Waals surface area contributed by atoms with Gasteiger partial charge in [0.1, 0.15) is 5.82 Å². The van der Waals surface area contributed by atoms with Crippen LogP contribution in [0.3, 0.4) is 0 Å². The summed E-state index contributed by atoms with van der Waals surface area (Å²) in [5, 5.41) is 4.48. The van der Waals surface area contributed by atoms with E-state index in [9.17, 15) is 4.79 Å². The molecule has 4 aromatic rings. The second-order valence-electron chi connectivity index (χ2n) is 11.0. The van der Waals surface area contributed by atoms with Crippen LogP contribution in [0.15, 0.2) is 78.2 Å². The van der Waals surface area contributed by atoms with Crippen LogP contribution in [-0.2, 0) is 11.3 Å². The number of nitrogens with zero attached hydrogens (tertiary/aromatic N) is 3. The lowest BCUT2D eigenvalue weighted by atomic mass is 10.1. The monoisotopic (exact) mass is 541 g/mol. The third-order valence-corrected chi connectivity index (χ3v) is 9.49. The lowest BCUT2D eigenvalue weighted by Crippen LogP contribution is -2.37. The van der Waals surface area contributed by atoms with Crippen LogP contribution in [0.5, 0.6) is 0 Å². The number of carbonyl (C=O) groups is 1. The molecule has 200 valence electrons. The molecule has 3 heterocycles. The third kappa shape index (κ3) is 4.95. The summed E-state index contributed by atoms with van der Waals surface area (Å²) in [7, 11) is 0. The molecule has 0 N–H and O–H groups in total. The van der Waals surface area contributed by atoms with Crippen LogP contribution in [0.2, 0.25) is 0 Å². The van der Waals surface area contributed by atoms with Crippen molar-refractivity contribution in [2.75, 3.05) is 55.7 Å². The number of halogens is 1. The third-order valence-electron chi connectivity index (χ3n) is 8.63. The van der Waals surface area contributed by atoms with Crippen molar-refractivity contribution in [3.8, 4) is 0 Å². The molecule has 7 rings (SSSR count). The number of benzene rings is 3. The van der Waals surface area contributed by atoms with Gasteiger partial charge in [-0.25, -0.2) is 4.39 Å². The van der Waals surface area contributed by atoms with E-state index >= 15 is 4.39 Å². The van der Waals surface area contributed by atoms with E-state index < -0.39 is 0 Å². The Hall–Kier alpha value is -3.26. The predicted octanol–water partition coefficient (Wildman–Crippen LogP) is 5.90. The van der Waals surface area contributed by atoms with Crippen molar-refractivity contribution in [3.05, 3.63) is 94.4 Å². The number of anilines is 2. The van der Waals surface area contributed by atoms with Crippen LogP contribution in [-0.4, -0.2) is 56.7 Å². The Morgan fingerprint density at radius 1 is 0.949 bits per heavy atom. The summed E-state index contributed by atoms with van der Waals surface area (Å²) >= 11 is 1.44. The summed E-state index contributed by atoms with van der Waals surface area (Å²) in [5.41, 5.74) is 2.57. The van der Waals surface area contributed by atoms with Crippen molar-refractivity contribution in [2.45, 2.75) is 6.54 Å². The number of rotatable bonds is 7. The zero-order valence-corrected chi connectivity index (χ0v) is 22.7. The van der Waals surface area contributed by atoms with Gasteiger partial charge in [0.25, 0.3) is 5.91 Å². The molecule has 0 radical (unpaired) electrons. The first-order valence-corrected chi connectivity index (χ1v) is 14.7. The number of piperidine rings is 1. The fourth-order valence-corrected chi connectivity index (χ4v) is 7.18. The maximum absolute atomic E-state index is 15.3. The van der Waals surface area contributed by atoms with E-state index in [0.717, 1.165) is 19.6 Å². The number of ether oxygens (including phenoxy) is 1. The Bertz CT molecular complexity index is 1470. The Morgan fingerprint density at radius 2 is 1.74 bits per heavy atom. The molecule has 2 saturated heterocycles. The van der Waals surface area contributed by atoms with Crippen molar-refractivity contribution in [1.82, 2.24) is 4.90 Å². The van der Waals surface area contributed by atoms with Gasteiger partial charge in [0.15, 0.2) is 0 Å². The zero-order chi connectivity index (χ0) is 26.3. The van der Waals surface area contributed by atoms with Gasteiger partial charge in [0, 0.05) is 45.0 Å². The van der Waals surface area contributed by atoms with Crippen LogP contribution in [0.1, 0.15) is 15.2 Å². The lowest BCUT2D eigenvalue weighted by Gasteiger charge is -2.30. The number of amides is 1. The molecule has 2 aliphatic heterocycles. The molecule has 7 heteroatoms. The number of morpholine rings is 1. The van der Waals surface area contributed by atoms with Crippen LogP contribution in [0.4, 0.5) is 15.8 Å². The van der Waals surface area contributed by atoms with Gasteiger partial charge >= 0.3 is 0 Å². The van der Waals surface area contributed by atoms with Gasteiger partial charge in [-0.05, 0) is 69.8 Å². The Morgan fingerprint density at radius 3 is 2.49 bits per heavy atom. The average Bonchev–Trinajstić information content (AvgIpc) is 3.34. The molecule has 3 aliphatic rings. The van der Waals surface area contributed by atoms with Crippen molar-refractivity contribution in [3.63, 3.8) is 0 Å². The van der Waals surface area contributed by atoms with Crippen molar-refractivity contribution >= 4 is 39.4 Å². The lowest BCUT2D eigenvalue weighted by molar-refractivity contribution is 0.0988. The maximum atomic E-state index is 15.3. The fourth-order valence-electron chi connectivity index (χ4n) is 6.51. The van der Waals surface area contributed by atoms with E-state index in [1.165, 1.54) is 27.7 Å². The summed E-state index contributed by atoms with van der Waals surface area (Å²) in [4.78, 5) is 20.6. The molecular weight excluding hydrogens is 509 g/mol. The SMILES string of the molecule is O=C(c1cccs1)N(CC1C2CN(Cc3ccc4ccccc4c3)CC21)c1ccc(N2CCOCC2)c(F)c1. The molecule has 5 nitrogen and oxygen atoms in total. The van der Waals surface area contributed by atoms with E-state index in [1.807, 2.05) is 39.4 Å². The molecule has 1 aromatic heterocycles. The highest BCUT2D eigenvalue weighted by molar-refractivity contribution is 7.12. The highest BCUT2D eigenvalue weighted by Gasteiger charge is 2.56. The van der Waals surface area contributed by atoms with Crippen LogP contribution < -0.4 is 9.80 Å². The quantitative estimate of drug-likeness (QED) is 0.292. The first-order valence-electron chi connectivity index (χ1n) is 13.8. The highest BCUT2D eigenvalue weighted by atomic mass is 32.1. The minimum absolute atomic E-state index is 0.0403. The molecule has 3 fully saturated rings. The van der Waals surface area contributed by atoms with Gasteiger partial charge in [-0.1, -0.05) is 42.5 Å². The first kappa shape index (κ1) is 24.8. The van der Waals surface area contributed by atoms with E-state index in [1.54, 1.807) is 6.07 Å². The van der Waals surface area contributed by atoms with Crippen molar-refractivity contribution in [2.24, 2.45) is 17.8 Å². The van der Waals surface area contributed by atoms with Gasteiger partial charge in [-0.2, -0.15) is 0 Å². The summed E-state index contributed by atoms with van der Waals surface area (Å²) in [5.74, 6) is 1.30. The van der Waals surface area contributed by atoms with Crippen molar-refractivity contribution < 1.29 is 13.9 Å². The van der Waals surface area contributed by atoms with E-state index in [0.29, 0.717) is 66.9 Å². The van der Waals surface area contributed by atoms with Gasteiger partial charge in [0.05, 0.1) is 23.8 Å². The maximum Gasteiger partial charge on any atom is 0.268 e. The number of carbonyl (C=O) groups excluding carboxylic acids is 1. The molecule has 0 bridgehead atoms. The Balaban J connectivity index is 1.05. The van der Waals surface area contributed by atoms with E-state index in [4.69, 9.17) is 4.74 Å². The average molecular weight is 542 g/mol. The van der Waals surface area contributed by atoms with Crippen molar-refractivity contribution in [1.29, 1.82) is 0 Å². The largest absolute Gasteiger partial charge is 0.378 e. The molecule has 2 atom stereocenters. The molecule has 2 unspecified atom stereocenters. The first-order chi connectivity index (χ1) is 19.1. The number of hydrogen-bond donors (Lipinski definition) is 0. The molecule has 1 amide bonds. The number of fused-ring (bicyclic) bond motifs is 2.